The van der Waals surface area contributed by atoms with Crippen LogP contribution in [0.1, 0.15) is 32.3 Å². The van der Waals surface area contributed by atoms with E-state index in [0.29, 0.717) is 25.8 Å². The summed E-state index contributed by atoms with van der Waals surface area (Å²) in [5.74, 6) is 0. The highest BCUT2D eigenvalue weighted by atomic mass is 32.2. The number of hydrogen-bond donors (Lipinski definition) is 1. The number of nitrogens with zero attached hydrogens (tertiary/aromatic N) is 1. The lowest BCUT2D eigenvalue weighted by Crippen LogP contribution is -2.58. The second kappa shape index (κ2) is 8.51. The molecule has 2 aromatic carbocycles. The number of carbonyl (C=O) groups is 1. The van der Waals surface area contributed by atoms with E-state index in [0.717, 1.165) is 33.8 Å². The van der Waals surface area contributed by atoms with Crippen LogP contribution in [0.25, 0.3) is 21.9 Å². The van der Waals surface area contributed by atoms with Crippen LogP contribution < -0.4 is 4.72 Å². The van der Waals surface area contributed by atoms with Crippen molar-refractivity contribution in [2.24, 2.45) is 0 Å². The minimum atomic E-state index is -3.44. The topological polar surface area (TPSA) is 88.9 Å². The molecule has 0 bridgehead atoms. The number of ether oxygens (including phenoxy) is 1. The standard InChI is InChI=1S/C23H28N2O5S/c1-15(2)29-23(26)25-13-7-11-19(24-31(3,27)28)20(25)14-16-8-6-10-18-17-9-4-5-12-21(17)30-22(16)18/h4-6,8-10,12,15,19-20,24H,7,11,13-14H2,1-3H3/t19-,20-/m0/s1. The molecule has 2 atom stereocenters. The molecule has 0 unspecified atom stereocenters. The number of rotatable bonds is 5. The number of piperidine rings is 1. The van der Waals surface area contributed by atoms with Crippen molar-refractivity contribution in [3.63, 3.8) is 0 Å². The zero-order valence-corrected chi connectivity index (χ0v) is 18.8. The highest BCUT2D eigenvalue weighted by molar-refractivity contribution is 7.88. The number of likely N-dealkylation sites (tertiary alicyclic amines) is 1. The zero-order valence-electron chi connectivity index (χ0n) is 18.0. The van der Waals surface area contributed by atoms with E-state index in [2.05, 4.69) is 4.72 Å². The van der Waals surface area contributed by atoms with Gasteiger partial charge in [-0.3, -0.25) is 0 Å². The first kappa shape index (κ1) is 21.6. The van der Waals surface area contributed by atoms with Crippen LogP contribution in [0.3, 0.4) is 0 Å². The number of para-hydroxylation sites is 2. The number of carbonyl (C=O) groups excluding carboxylic acids is 1. The lowest BCUT2D eigenvalue weighted by atomic mass is 9.91. The van der Waals surface area contributed by atoms with E-state index >= 15 is 0 Å². The van der Waals surface area contributed by atoms with E-state index in [1.54, 1.807) is 18.7 Å². The lowest BCUT2D eigenvalue weighted by Gasteiger charge is -2.41. The summed E-state index contributed by atoms with van der Waals surface area (Å²) in [5.41, 5.74) is 2.50. The number of fused-ring (bicyclic) bond motifs is 3. The Kier molecular flexibility index (Phi) is 5.94. The van der Waals surface area contributed by atoms with Crippen LogP contribution in [0.2, 0.25) is 0 Å². The normalized spacial score (nSPS) is 19.9. The van der Waals surface area contributed by atoms with Crippen molar-refractivity contribution in [1.82, 2.24) is 9.62 Å². The van der Waals surface area contributed by atoms with Gasteiger partial charge in [-0.05, 0) is 44.7 Å². The summed E-state index contributed by atoms with van der Waals surface area (Å²) >= 11 is 0. The third-order valence-corrected chi connectivity index (χ3v) is 6.36. The molecule has 166 valence electrons. The van der Waals surface area contributed by atoms with E-state index in [1.807, 2.05) is 42.5 Å². The summed E-state index contributed by atoms with van der Waals surface area (Å²) in [6.07, 6.45) is 2.28. The molecule has 4 rings (SSSR count). The molecule has 0 radical (unpaired) electrons. The fraction of sp³-hybridized carbons (Fsp3) is 0.435. The Bertz CT molecular complexity index is 1200. The fourth-order valence-electron chi connectivity index (χ4n) is 4.41. The maximum Gasteiger partial charge on any atom is 0.410 e. The molecule has 1 amide bonds. The average molecular weight is 445 g/mol. The van der Waals surface area contributed by atoms with Crippen LogP contribution in [-0.2, 0) is 21.2 Å². The van der Waals surface area contributed by atoms with Crippen LogP contribution in [0.15, 0.2) is 46.9 Å². The van der Waals surface area contributed by atoms with Crippen LogP contribution in [-0.4, -0.2) is 50.4 Å². The van der Waals surface area contributed by atoms with Crippen molar-refractivity contribution in [3.8, 4) is 0 Å². The molecule has 31 heavy (non-hydrogen) atoms. The van der Waals surface area contributed by atoms with Crippen molar-refractivity contribution in [3.05, 3.63) is 48.0 Å². The average Bonchev–Trinajstić information content (AvgIpc) is 3.07. The summed E-state index contributed by atoms with van der Waals surface area (Å²) in [6, 6.07) is 13.0. The Labute approximate surface area is 182 Å². The van der Waals surface area contributed by atoms with Gasteiger partial charge in [0, 0.05) is 23.4 Å². The van der Waals surface area contributed by atoms with E-state index < -0.39 is 22.2 Å². The van der Waals surface area contributed by atoms with Gasteiger partial charge in [-0.25, -0.2) is 17.9 Å². The van der Waals surface area contributed by atoms with Crippen molar-refractivity contribution in [1.29, 1.82) is 0 Å². The SMILES string of the molecule is CC(C)OC(=O)N1CCC[C@H](NS(C)(=O)=O)[C@@H]1Cc1cccc2c1oc1ccccc12. The summed E-state index contributed by atoms with van der Waals surface area (Å²) in [6.45, 7) is 4.13. The molecule has 0 spiro atoms. The van der Waals surface area contributed by atoms with Gasteiger partial charge in [0.15, 0.2) is 0 Å². The van der Waals surface area contributed by atoms with Gasteiger partial charge in [-0.15, -0.1) is 0 Å². The third kappa shape index (κ3) is 4.70. The van der Waals surface area contributed by atoms with Crippen LogP contribution in [0, 0.1) is 0 Å². The number of amides is 1. The highest BCUT2D eigenvalue weighted by Gasteiger charge is 2.37. The second-order valence-electron chi connectivity index (χ2n) is 8.43. The van der Waals surface area contributed by atoms with Crippen LogP contribution >= 0.6 is 0 Å². The van der Waals surface area contributed by atoms with Gasteiger partial charge in [0.25, 0.3) is 0 Å². The van der Waals surface area contributed by atoms with Gasteiger partial charge in [0.1, 0.15) is 11.2 Å². The summed E-state index contributed by atoms with van der Waals surface area (Å²) < 4.78 is 38.4. The molecule has 1 aliphatic heterocycles. The van der Waals surface area contributed by atoms with Crippen molar-refractivity contribution < 1.29 is 22.4 Å². The molecule has 7 nitrogen and oxygen atoms in total. The van der Waals surface area contributed by atoms with Crippen LogP contribution in [0.5, 0.6) is 0 Å². The van der Waals surface area contributed by atoms with Gasteiger partial charge in [0.05, 0.1) is 18.4 Å². The molecule has 1 saturated heterocycles. The van der Waals surface area contributed by atoms with E-state index in [9.17, 15) is 13.2 Å². The minimum absolute atomic E-state index is 0.254. The summed E-state index contributed by atoms with van der Waals surface area (Å²) in [7, 11) is -3.44. The van der Waals surface area contributed by atoms with Gasteiger partial charge in [-0.1, -0.05) is 36.4 Å². The summed E-state index contributed by atoms with van der Waals surface area (Å²) in [5, 5.41) is 2.04. The quantitative estimate of drug-likeness (QED) is 0.641. The number of nitrogens with one attached hydrogen (secondary N) is 1. The second-order valence-corrected chi connectivity index (χ2v) is 10.2. The Morgan fingerprint density at radius 2 is 1.94 bits per heavy atom. The van der Waals surface area contributed by atoms with Crippen molar-refractivity contribution >= 4 is 38.1 Å². The number of benzene rings is 2. The molecule has 1 aromatic heterocycles. The number of hydrogen-bond acceptors (Lipinski definition) is 5. The minimum Gasteiger partial charge on any atom is -0.456 e. The van der Waals surface area contributed by atoms with Crippen molar-refractivity contribution in [2.45, 2.75) is 51.3 Å². The molecular formula is C23H28N2O5S. The monoisotopic (exact) mass is 444 g/mol. The Balaban J connectivity index is 1.74. The number of furan rings is 1. The Hall–Kier alpha value is -2.58. The predicted molar refractivity (Wildman–Crippen MR) is 121 cm³/mol. The first-order valence-corrected chi connectivity index (χ1v) is 12.5. The van der Waals surface area contributed by atoms with Gasteiger partial charge in [-0.2, -0.15) is 0 Å². The van der Waals surface area contributed by atoms with Crippen molar-refractivity contribution in [2.75, 3.05) is 12.8 Å². The van der Waals surface area contributed by atoms with Gasteiger partial charge < -0.3 is 14.1 Å². The maximum absolute atomic E-state index is 12.8. The molecule has 1 N–H and O–H groups in total. The molecule has 1 fully saturated rings. The molecular weight excluding hydrogens is 416 g/mol. The predicted octanol–water partition coefficient (Wildman–Crippen LogP) is 4.06. The molecule has 2 heterocycles. The maximum atomic E-state index is 12.8. The largest absolute Gasteiger partial charge is 0.456 e. The first-order valence-electron chi connectivity index (χ1n) is 10.6. The fourth-order valence-corrected chi connectivity index (χ4v) is 5.23. The van der Waals surface area contributed by atoms with Crippen LogP contribution in [0.4, 0.5) is 4.79 Å². The zero-order chi connectivity index (χ0) is 22.2. The lowest BCUT2D eigenvalue weighted by molar-refractivity contribution is 0.0461. The van der Waals surface area contributed by atoms with E-state index in [4.69, 9.17) is 9.15 Å². The van der Waals surface area contributed by atoms with E-state index in [1.165, 1.54) is 0 Å². The molecule has 1 aliphatic rings. The van der Waals surface area contributed by atoms with E-state index in [-0.39, 0.29) is 12.1 Å². The summed E-state index contributed by atoms with van der Waals surface area (Å²) in [4.78, 5) is 14.5. The van der Waals surface area contributed by atoms with Gasteiger partial charge >= 0.3 is 6.09 Å². The Morgan fingerprint density at radius 1 is 1.19 bits per heavy atom. The van der Waals surface area contributed by atoms with Gasteiger partial charge in [0.2, 0.25) is 10.0 Å². The highest BCUT2D eigenvalue weighted by Crippen LogP contribution is 2.33. The number of sulfonamides is 1. The smallest absolute Gasteiger partial charge is 0.410 e. The Morgan fingerprint density at radius 3 is 2.68 bits per heavy atom. The molecule has 8 heteroatoms. The molecule has 3 aromatic rings. The molecule has 0 saturated carbocycles. The molecule has 0 aliphatic carbocycles. The third-order valence-electron chi connectivity index (χ3n) is 5.63. The first-order chi connectivity index (χ1) is 14.7.